The molecule has 1 heterocycles. The van der Waals surface area contributed by atoms with E-state index < -0.39 is 21.1 Å². The van der Waals surface area contributed by atoms with E-state index in [1.165, 1.54) is 0 Å². The van der Waals surface area contributed by atoms with Crippen LogP contribution in [0.25, 0.3) is 0 Å². The minimum Gasteiger partial charge on any atom is -0.444 e. The van der Waals surface area contributed by atoms with Crippen molar-refractivity contribution in [2.24, 2.45) is 11.8 Å². The molecular formula is C18H23Cl2NO5S. The zero-order valence-corrected chi connectivity index (χ0v) is 18.0. The van der Waals surface area contributed by atoms with E-state index in [9.17, 15) is 13.2 Å². The van der Waals surface area contributed by atoms with Gasteiger partial charge < -0.3 is 9.64 Å². The molecule has 2 aliphatic rings. The molecule has 27 heavy (non-hydrogen) atoms. The van der Waals surface area contributed by atoms with Gasteiger partial charge >= 0.3 is 6.09 Å². The maximum absolute atomic E-state index is 12.5. The number of hydrogen-bond donors (Lipinski definition) is 0. The van der Waals surface area contributed by atoms with Crippen molar-refractivity contribution in [3.05, 3.63) is 33.8 Å². The monoisotopic (exact) mass is 435 g/mol. The van der Waals surface area contributed by atoms with Crippen LogP contribution in [0.3, 0.4) is 0 Å². The van der Waals surface area contributed by atoms with Crippen molar-refractivity contribution in [2.45, 2.75) is 31.8 Å². The van der Waals surface area contributed by atoms with E-state index in [2.05, 4.69) is 0 Å². The lowest BCUT2D eigenvalue weighted by atomic mass is 9.93. The number of carbonyl (C=O) groups is 1. The van der Waals surface area contributed by atoms with E-state index in [0.717, 1.165) is 11.8 Å². The van der Waals surface area contributed by atoms with Crippen molar-refractivity contribution < 1.29 is 22.1 Å². The number of nitrogens with zero attached hydrogens (tertiary/aromatic N) is 1. The number of fused-ring (bicyclic) bond motifs is 1. The number of carbonyl (C=O) groups excluding carboxylic acids is 1. The molecule has 2 fully saturated rings. The van der Waals surface area contributed by atoms with E-state index in [1.807, 2.05) is 26.8 Å². The molecule has 0 radical (unpaired) electrons. The average Bonchev–Trinajstić information content (AvgIpc) is 2.92. The van der Waals surface area contributed by atoms with Crippen LogP contribution in [0.1, 0.15) is 26.3 Å². The molecule has 0 N–H and O–H groups in total. The Bertz CT molecular complexity index is 867. The van der Waals surface area contributed by atoms with Gasteiger partial charge in [0.1, 0.15) is 5.60 Å². The first-order valence-corrected chi connectivity index (χ1v) is 11.2. The van der Waals surface area contributed by atoms with Crippen molar-refractivity contribution >= 4 is 39.4 Å². The third-order valence-electron chi connectivity index (χ3n) is 5.14. The van der Waals surface area contributed by atoms with Crippen molar-refractivity contribution in [2.75, 3.05) is 26.0 Å². The van der Waals surface area contributed by atoms with Crippen LogP contribution in [-0.4, -0.2) is 51.0 Å². The van der Waals surface area contributed by atoms with Crippen LogP contribution in [-0.2, 0) is 24.5 Å². The van der Waals surface area contributed by atoms with Gasteiger partial charge in [-0.2, -0.15) is 8.42 Å². The van der Waals surface area contributed by atoms with Crippen molar-refractivity contribution in [3.63, 3.8) is 0 Å². The van der Waals surface area contributed by atoms with Gasteiger partial charge in [-0.1, -0.05) is 29.3 Å². The number of ether oxygens (including phenoxy) is 1. The number of likely N-dealkylation sites (tertiary alicyclic amines) is 1. The maximum atomic E-state index is 12.5. The van der Waals surface area contributed by atoms with Crippen molar-refractivity contribution in [1.82, 2.24) is 4.90 Å². The van der Waals surface area contributed by atoms with Crippen LogP contribution >= 0.6 is 23.2 Å². The van der Waals surface area contributed by atoms with Gasteiger partial charge in [0, 0.05) is 24.4 Å². The lowest BCUT2D eigenvalue weighted by Crippen LogP contribution is -2.39. The summed E-state index contributed by atoms with van der Waals surface area (Å²) in [7, 11) is -3.54. The van der Waals surface area contributed by atoms with E-state index in [1.54, 1.807) is 17.0 Å². The molecule has 1 amide bonds. The minimum atomic E-state index is -3.54. The van der Waals surface area contributed by atoms with Crippen molar-refractivity contribution in [3.8, 4) is 0 Å². The molecule has 3 rings (SSSR count). The van der Waals surface area contributed by atoms with Gasteiger partial charge in [0.2, 0.25) is 0 Å². The Hall–Kier alpha value is -1.02. The van der Waals surface area contributed by atoms with Crippen LogP contribution in [0, 0.1) is 11.8 Å². The second kappa shape index (κ2) is 6.79. The Morgan fingerprint density at radius 2 is 1.96 bits per heavy atom. The Balaban J connectivity index is 1.85. The first kappa shape index (κ1) is 20.7. The molecule has 1 aromatic carbocycles. The Kier molecular flexibility index (Phi) is 5.21. The summed E-state index contributed by atoms with van der Waals surface area (Å²) in [6.07, 6.45) is 0.654. The minimum absolute atomic E-state index is 0.0249. The number of rotatable bonds is 4. The highest BCUT2D eigenvalue weighted by molar-refractivity contribution is 7.85. The lowest BCUT2D eigenvalue weighted by Gasteiger charge is -2.28. The highest BCUT2D eigenvalue weighted by Crippen LogP contribution is 2.64. The van der Waals surface area contributed by atoms with E-state index in [4.69, 9.17) is 32.1 Å². The molecule has 6 nitrogen and oxygen atoms in total. The van der Waals surface area contributed by atoms with Crippen LogP contribution in [0.15, 0.2) is 18.2 Å². The van der Waals surface area contributed by atoms with Gasteiger partial charge in [-0.3, -0.25) is 4.18 Å². The summed E-state index contributed by atoms with van der Waals surface area (Å²) < 4.78 is 33.3. The zero-order chi connectivity index (χ0) is 20.2. The Morgan fingerprint density at radius 1 is 1.30 bits per heavy atom. The zero-order valence-electron chi connectivity index (χ0n) is 15.7. The largest absolute Gasteiger partial charge is 0.444 e. The SMILES string of the molecule is CC(C)(C)OC(=O)N1CC2C(COS(C)(=O)=O)C2(c2ccc(Cl)c(Cl)c2)C1. The fourth-order valence-corrected chi connectivity index (χ4v) is 4.67. The van der Waals surface area contributed by atoms with E-state index in [0.29, 0.717) is 23.1 Å². The molecule has 1 aliphatic heterocycles. The summed E-state index contributed by atoms with van der Waals surface area (Å²) in [5.74, 6) is 0.0483. The van der Waals surface area contributed by atoms with Crippen LogP contribution in [0.4, 0.5) is 4.79 Å². The standard InChI is InChI=1S/C18H23Cl2NO5S/c1-17(2,3)26-16(22)21-8-12-13(9-25-27(4,23)24)18(12,10-21)11-5-6-14(19)15(20)7-11/h5-7,12-13H,8-10H2,1-4H3. The number of piperidine rings is 1. The third-order valence-corrected chi connectivity index (χ3v) is 6.44. The smallest absolute Gasteiger partial charge is 0.410 e. The molecule has 1 saturated heterocycles. The van der Waals surface area contributed by atoms with E-state index >= 15 is 0 Å². The van der Waals surface area contributed by atoms with Gasteiger partial charge in [-0.15, -0.1) is 0 Å². The molecule has 1 saturated carbocycles. The third kappa shape index (κ3) is 4.21. The number of hydrogen-bond acceptors (Lipinski definition) is 5. The Morgan fingerprint density at radius 3 is 2.52 bits per heavy atom. The van der Waals surface area contributed by atoms with Gasteiger partial charge in [-0.05, 0) is 44.4 Å². The molecule has 1 aromatic rings. The average molecular weight is 436 g/mol. The summed E-state index contributed by atoms with van der Waals surface area (Å²) in [4.78, 5) is 14.1. The van der Waals surface area contributed by atoms with Gasteiger partial charge in [0.15, 0.2) is 0 Å². The molecular weight excluding hydrogens is 413 g/mol. The van der Waals surface area contributed by atoms with Crippen molar-refractivity contribution in [1.29, 1.82) is 0 Å². The fourth-order valence-electron chi connectivity index (χ4n) is 3.98. The molecule has 0 aromatic heterocycles. The van der Waals surface area contributed by atoms with Crippen LogP contribution in [0.5, 0.6) is 0 Å². The predicted octanol–water partition coefficient (Wildman–Crippen LogP) is 3.70. The van der Waals surface area contributed by atoms with Crippen LogP contribution < -0.4 is 0 Å². The summed E-state index contributed by atoms with van der Waals surface area (Å²) in [5.41, 5.74) is -0.0649. The first-order valence-electron chi connectivity index (χ1n) is 8.61. The highest BCUT2D eigenvalue weighted by atomic mass is 35.5. The predicted molar refractivity (Wildman–Crippen MR) is 104 cm³/mol. The number of halogens is 2. The second-order valence-electron chi connectivity index (χ2n) is 8.23. The second-order valence-corrected chi connectivity index (χ2v) is 10.7. The summed E-state index contributed by atoms with van der Waals surface area (Å²) >= 11 is 12.2. The summed E-state index contributed by atoms with van der Waals surface area (Å²) in [5, 5.41) is 0.868. The maximum Gasteiger partial charge on any atom is 0.410 e. The molecule has 0 spiro atoms. The molecule has 1 aliphatic carbocycles. The molecule has 3 unspecified atom stereocenters. The topological polar surface area (TPSA) is 72.9 Å². The molecule has 9 heteroatoms. The van der Waals surface area contributed by atoms with Crippen LogP contribution in [0.2, 0.25) is 10.0 Å². The molecule has 0 bridgehead atoms. The van der Waals surface area contributed by atoms with Gasteiger partial charge in [-0.25, -0.2) is 4.79 Å². The molecule has 3 atom stereocenters. The number of amides is 1. The number of benzene rings is 1. The highest BCUT2D eigenvalue weighted by Gasteiger charge is 2.70. The summed E-state index contributed by atoms with van der Waals surface area (Å²) in [6.45, 7) is 6.43. The fraction of sp³-hybridized carbons (Fsp3) is 0.611. The quantitative estimate of drug-likeness (QED) is 0.673. The Labute approximate surface area is 169 Å². The first-order chi connectivity index (χ1) is 12.3. The normalized spacial score (nSPS) is 27.4. The summed E-state index contributed by atoms with van der Waals surface area (Å²) in [6, 6.07) is 5.38. The van der Waals surface area contributed by atoms with Gasteiger partial charge in [0.25, 0.3) is 10.1 Å². The molecule has 150 valence electrons. The van der Waals surface area contributed by atoms with E-state index in [-0.39, 0.29) is 24.5 Å². The lowest BCUT2D eigenvalue weighted by molar-refractivity contribution is 0.0255. The van der Waals surface area contributed by atoms with Gasteiger partial charge in [0.05, 0.1) is 22.9 Å².